The highest BCUT2D eigenvalue weighted by Crippen LogP contribution is 2.48. The van der Waals surface area contributed by atoms with Crippen molar-refractivity contribution in [3.05, 3.63) is 71.5 Å². The van der Waals surface area contributed by atoms with Gasteiger partial charge in [-0.3, -0.25) is 19.5 Å². The van der Waals surface area contributed by atoms with Gasteiger partial charge in [0, 0.05) is 42.6 Å². The molecule has 3 saturated heterocycles. The molecule has 2 aromatic rings. The van der Waals surface area contributed by atoms with E-state index >= 15 is 0 Å². The average Bonchev–Trinajstić information content (AvgIpc) is 3.34. The fourth-order valence-corrected chi connectivity index (χ4v) is 7.38. The van der Waals surface area contributed by atoms with Crippen molar-refractivity contribution in [2.75, 3.05) is 24.5 Å². The van der Waals surface area contributed by atoms with Gasteiger partial charge in [0.1, 0.15) is 11.5 Å². The van der Waals surface area contributed by atoms with Crippen LogP contribution in [-0.4, -0.2) is 64.8 Å². The second-order valence-corrected chi connectivity index (χ2v) is 11.6. The summed E-state index contributed by atoms with van der Waals surface area (Å²) in [6.07, 6.45) is 5.41. The van der Waals surface area contributed by atoms with Crippen molar-refractivity contribution in [2.24, 2.45) is 5.92 Å². The number of anilines is 1. The largest absolute Gasteiger partial charge is 0.455 e. The molecule has 1 aromatic carbocycles. The van der Waals surface area contributed by atoms with E-state index in [-0.39, 0.29) is 41.2 Å². The van der Waals surface area contributed by atoms with Crippen LogP contribution < -0.4 is 25.6 Å². The minimum atomic E-state index is -0.248. The maximum Gasteiger partial charge on any atom is 0.326 e. The van der Waals surface area contributed by atoms with Crippen LogP contribution in [0.2, 0.25) is 0 Å². The Morgan fingerprint density at radius 1 is 1.23 bits per heavy atom. The quantitative estimate of drug-likeness (QED) is 0.465. The van der Waals surface area contributed by atoms with Gasteiger partial charge in [-0.15, -0.1) is 0 Å². The molecule has 3 unspecified atom stereocenters. The Kier molecular flexibility index (Phi) is 7.24. The van der Waals surface area contributed by atoms with E-state index in [4.69, 9.17) is 4.74 Å². The smallest absolute Gasteiger partial charge is 0.326 e. The van der Waals surface area contributed by atoms with E-state index in [1.165, 1.54) is 17.8 Å². The molecule has 40 heavy (non-hydrogen) atoms. The number of benzene rings is 1. The van der Waals surface area contributed by atoms with Gasteiger partial charge in [0.05, 0.1) is 22.0 Å². The SMILES string of the molecule is C=CC(=O)N1CCC[C@@H](NC(=O)C2=C3NC(=O)N(c4ccc(Oc5cccnc5C)cc4)C4CCNC(S2)C34)C1. The zero-order valence-corrected chi connectivity index (χ0v) is 23.1. The van der Waals surface area contributed by atoms with Gasteiger partial charge in [-0.1, -0.05) is 18.3 Å². The van der Waals surface area contributed by atoms with Crippen LogP contribution in [0.15, 0.2) is 65.9 Å². The molecule has 10 nitrogen and oxygen atoms in total. The minimum absolute atomic E-state index is 0.0149. The Balaban J connectivity index is 1.19. The molecule has 0 spiro atoms. The zero-order chi connectivity index (χ0) is 27.8. The number of thioether (sulfide) groups is 1. The van der Waals surface area contributed by atoms with Gasteiger partial charge in [0.2, 0.25) is 5.91 Å². The van der Waals surface area contributed by atoms with Crippen molar-refractivity contribution in [1.29, 1.82) is 0 Å². The summed E-state index contributed by atoms with van der Waals surface area (Å²) in [6.45, 7) is 7.33. The van der Waals surface area contributed by atoms with E-state index in [1.54, 1.807) is 11.1 Å². The highest BCUT2D eigenvalue weighted by Gasteiger charge is 2.51. The fraction of sp³-hybridized carbons (Fsp3) is 0.379. The Hall–Kier alpha value is -3.83. The summed E-state index contributed by atoms with van der Waals surface area (Å²) < 4.78 is 5.98. The minimum Gasteiger partial charge on any atom is -0.455 e. The molecule has 4 aliphatic rings. The number of piperidine rings is 2. The molecule has 0 saturated carbocycles. The van der Waals surface area contributed by atoms with E-state index in [0.717, 1.165) is 37.2 Å². The molecule has 6 rings (SSSR count). The molecule has 3 N–H and O–H groups in total. The van der Waals surface area contributed by atoms with Crippen molar-refractivity contribution in [3.63, 3.8) is 0 Å². The number of urea groups is 1. The van der Waals surface area contributed by atoms with Crippen LogP contribution >= 0.6 is 11.8 Å². The number of likely N-dealkylation sites (tertiary alicyclic amines) is 1. The van der Waals surface area contributed by atoms with Gasteiger partial charge in [-0.05, 0) is 75.2 Å². The summed E-state index contributed by atoms with van der Waals surface area (Å²) >= 11 is 1.48. The zero-order valence-electron chi connectivity index (χ0n) is 22.3. The lowest BCUT2D eigenvalue weighted by Crippen LogP contribution is -2.62. The second kappa shape index (κ2) is 11.0. The molecule has 0 bridgehead atoms. The number of aromatic nitrogens is 1. The van der Waals surface area contributed by atoms with E-state index in [9.17, 15) is 14.4 Å². The van der Waals surface area contributed by atoms with Crippen molar-refractivity contribution in [3.8, 4) is 11.5 Å². The van der Waals surface area contributed by atoms with Crippen molar-refractivity contribution < 1.29 is 19.1 Å². The summed E-state index contributed by atoms with van der Waals surface area (Å²) in [5.74, 6) is 0.974. The van der Waals surface area contributed by atoms with Gasteiger partial charge in [0.15, 0.2) is 0 Å². The Morgan fingerprint density at radius 2 is 2.05 bits per heavy atom. The third-order valence-corrected chi connectivity index (χ3v) is 9.25. The van der Waals surface area contributed by atoms with Crippen molar-refractivity contribution >= 4 is 35.3 Å². The van der Waals surface area contributed by atoms with E-state index in [0.29, 0.717) is 35.2 Å². The molecular weight excluding hydrogens is 528 g/mol. The summed E-state index contributed by atoms with van der Waals surface area (Å²) in [7, 11) is 0. The summed E-state index contributed by atoms with van der Waals surface area (Å²) in [5, 5.41) is 9.68. The monoisotopic (exact) mass is 560 g/mol. The molecule has 11 heteroatoms. The number of carbonyl (C=O) groups is 3. The summed E-state index contributed by atoms with van der Waals surface area (Å²) in [4.78, 5) is 47.3. The van der Waals surface area contributed by atoms with Crippen molar-refractivity contribution in [1.82, 2.24) is 25.8 Å². The number of aryl methyl sites for hydroxylation is 1. The Labute approximate surface area is 237 Å². The number of ether oxygens (including phenoxy) is 1. The van der Waals surface area contributed by atoms with Gasteiger partial charge in [-0.2, -0.15) is 0 Å². The maximum atomic E-state index is 13.5. The first-order valence-electron chi connectivity index (χ1n) is 13.6. The number of hydrogen-bond donors (Lipinski definition) is 3. The molecule has 0 radical (unpaired) electrons. The molecular formula is C29H32N6O4S. The normalized spacial score (nSPS) is 25.7. The number of rotatable bonds is 6. The Bertz CT molecular complexity index is 1380. The number of amides is 4. The Morgan fingerprint density at radius 3 is 2.83 bits per heavy atom. The second-order valence-electron chi connectivity index (χ2n) is 10.4. The first-order valence-corrected chi connectivity index (χ1v) is 14.5. The predicted octanol–water partition coefficient (Wildman–Crippen LogP) is 3.27. The van der Waals surface area contributed by atoms with Crippen molar-refractivity contribution in [2.45, 2.75) is 43.6 Å². The molecule has 5 heterocycles. The average molecular weight is 561 g/mol. The van der Waals surface area contributed by atoms with Gasteiger partial charge in [-0.25, -0.2) is 4.79 Å². The lowest BCUT2D eigenvalue weighted by atomic mass is 9.86. The van der Waals surface area contributed by atoms with E-state index in [1.807, 2.05) is 48.2 Å². The number of nitrogens with one attached hydrogen (secondary N) is 3. The number of pyridine rings is 1. The number of nitrogens with zero attached hydrogens (tertiary/aromatic N) is 3. The van der Waals surface area contributed by atoms with Gasteiger partial charge >= 0.3 is 6.03 Å². The van der Waals surface area contributed by atoms with Crippen LogP contribution in [0.25, 0.3) is 0 Å². The van der Waals surface area contributed by atoms with Crippen LogP contribution in [0.1, 0.15) is 25.0 Å². The third-order valence-electron chi connectivity index (χ3n) is 7.89. The summed E-state index contributed by atoms with van der Waals surface area (Å²) in [6, 6.07) is 10.7. The highest BCUT2D eigenvalue weighted by molar-refractivity contribution is 8.04. The molecule has 3 fully saturated rings. The number of hydrogen-bond acceptors (Lipinski definition) is 7. The predicted molar refractivity (Wildman–Crippen MR) is 153 cm³/mol. The van der Waals surface area contributed by atoms with Gasteiger partial charge in [0.25, 0.3) is 5.91 Å². The van der Waals surface area contributed by atoms with E-state index < -0.39 is 0 Å². The van der Waals surface area contributed by atoms with Crippen LogP contribution in [0.3, 0.4) is 0 Å². The molecule has 4 aliphatic heterocycles. The third kappa shape index (κ3) is 4.95. The van der Waals surface area contributed by atoms with Crippen LogP contribution in [0.5, 0.6) is 11.5 Å². The van der Waals surface area contributed by atoms with Gasteiger partial charge < -0.3 is 25.6 Å². The van der Waals surface area contributed by atoms with Crippen LogP contribution in [0, 0.1) is 12.8 Å². The molecule has 1 aromatic heterocycles. The molecule has 4 atom stereocenters. The van der Waals surface area contributed by atoms with E-state index in [2.05, 4.69) is 27.5 Å². The topological polar surface area (TPSA) is 116 Å². The molecule has 4 amide bonds. The molecule has 208 valence electrons. The fourth-order valence-electron chi connectivity index (χ4n) is 5.98. The summed E-state index contributed by atoms with van der Waals surface area (Å²) in [5.41, 5.74) is 2.26. The first-order chi connectivity index (χ1) is 19.4. The maximum absolute atomic E-state index is 13.5. The number of carbonyl (C=O) groups excluding carboxylic acids is 3. The lowest BCUT2D eigenvalue weighted by molar-refractivity contribution is -0.128. The van der Waals surface area contributed by atoms with Crippen LogP contribution in [-0.2, 0) is 9.59 Å². The highest BCUT2D eigenvalue weighted by atomic mass is 32.2. The standard InChI is InChI=1S/C29H32N6O4S/c1-3-23(36)34-15-5-6-18(16-34)32-27(37)26-25-24-21(12-14-31-28(24)40-26)35(29(38)33-25)19-8-10-20(11-9-19)39-22-7-4-13-30-17(22)2/h3-4,7-11,13,18,21,24,28,31H,1,5-6,12,14-16H2,2H3,(H,32,37)(H,33,38)/t18-,21?,24?,28?/m1/s1. The van der Waals surface area contributed by atoms with Crippen LogP contribution in [0.4, 0.5) is 10.5 Å². The molecule has 0 aliphatic carbocycles. The first kappa shape index (κ1) is 26.4. The lowest BCUT2D eigenvalue weighted by Gasteiger charge is -2.45.